The first-order valence-corrected chi connectivity index (χ1v) is 14.1. The first-order chi connectivity index (χ1) is 19.1. The second-order valence-corrected chi connectivity index (χ2v) is 10.9. The lowest BCUT2D eigenvalue weighted by atomic mass is 10.2. The summed E-state index contributed by atoms with van der Waals surface area (Å²) in [5.74, 6) is -0.705. The highest BCUT2D eigenvalue weighted by atomic mass is 16.6. The smallest absolute Gasteiger partial charge is 0.410 e. The van der Waals surface area contributed by atoms with Crippen LogP contribution in [0.4, 0.5) is 4.79 Å². The maximum Gasteiger partial charge on any atom is 0.410 e. The lowest BCUT2D eigenvalue weighted by Crippen LogP contribution is -2.49. The minimum atomic E-state index is -0.618. The van der Waals surface area contributed by atoms with Crippen molar-refractivity contribution < 1.29 is 33.4 Å². The SMILES string of the molecule is CCCCOC(=O)CN1CCN(C=O)CCN(CC(=O)OC(C)(C)C)CCN(C(=O)OCc2ccccc2)CC1. The number of carbonyl (C=O) groups excluding carboxylic acids is 4. The van der Waals surface area contributed by atoms with Crippen molar-refractivity contribution in [3.05, 3.63) is 35.9 Å². The fourth-order valence-electron chi connectivity index (χ4n) is 4.04. The van der Waals surface area contributed by atoms with E-state index in [0.29, 0.717) is 59.0 Å². The van der Waals surface area contributed by atoms with Gasteiger partial charge in [0, 0.05) is 52.4 Å². The van der Waals surface area contributed by atoms with E-state index in [1.165, 1.54) is 0 Å². The first kappa shape index (κ1) is 33.0. The van der Waals surface area contributed by atoms with Crippen molar-refractivity contribution in [1.29, 1.82) is 0 Å². The molecule has 224 valence electrons. The standard InChI is InChI=1S/C29H46N4O7/c1-5-6-20-38-26(35)21-30-12-14-32(24-34)15-13-31(22-27(36)40-29(2,3)4)17-19-33(18-16-30)28(37)39-23-25-10-8-7-9-11-25/h7-11,24H,5-6,12-23H2,1-4H3. The summed E-state index contributed by atoms with van der Waals surface area (Å²) in [4.78, 5) is 56.9. The quantitative estimate of drug-likeness (QED) is 0.184. The number of carbonyl (C=O) groups is 4. The van der Waals surface area contributed by atoms with Crippen LogP contribution < -0.4 is 0 Å². The molecule has 1 heterocycles. The van der Waals surface area contributed by atoms with Gasteiger partial charge in [0.1, 0.15) is 12.2 Å². The molecule has 0 atom stereocenters. The van der Waals surface area contributed by atoms with E-state index >= 15 is 0 Å². The average molecular weight is 563 g/mol. The van der Waals surface area contributed by atoms with Gasteiger partial charge in [0.15, 0.2) is 0 Å². The number of rotatable bonds is 10. The molecule has 0 aliphatic carbocycles. The van der Waals surface area contributed by atoms with Crippen LogP contribution in [-0.2, 0) is 35.2 Å². The molecule has 1 aromatic carbocycles. The highest BCUT2D eigenvalue weighted by molar-refractivity contribution is 5.72. The Balaban J connectivity index is 2.14. The molecule has 1 aliphatic heterocycles. The monoisotopic (exact) mass is 562 g/mol. The highest BCUT2D eigenvalue weighted by Crippen LogP contribution is 2.09. The van der Waals surface area contributed by atoms with Crippen LogP contribution in [0.1, 0.15) is 46.1 Å². The van der Waals surface area contributed by atoms with Crippen molar-refractivity contribution in [3.8, 4) is 0 Å². The Morgan fingerprint density at radius 3 is 1.95 bits per heavy atom. The van der Waals surface area contributed by atoms with Crippen molar-refractivity contribution >= 4 is 24.4 Å². The van der Waals surface area contributed by atoms with Crippen LogP contribution >= 0.6 is 0 Å². The van der Waals surface area contributed by atoms with E-state index in [1.807, 2.05) is 67.8 Å². The van der Waals surface area contributed by atoms with E-state index in [2.05, 4.69) is 0 Å². The topological polar surface area (TPSA) is 109 Å². The number of esters is 2. The molecule has 11 nitrogen and oxygen atoms in total. The summed E-state index contributed by atoms with van der Waals surface area (Å²) < 4.78 is 16.4. The summed E-state index contributed by atoms with van der Waals surface area (Å²) in [5, 5.41) is 0. The molecular formula is C29H46N4O7. The van der Waals surface area contributed by atoms with E-state index in [-0.39, 0.29) is 31.6 Å². The number of amides is 2. The van der Waals surface area contributed by atoms with Gasteiger partial charge in [-0.05, 0) is 32.8 Å². The maximum atomic E-state index is 13.1. The van der Waals surface area contributed by atoms with Crippen LogP contribution in [0.3, 0.4) is 0 Å². The Kier molecular flexibility index (Phi) is 14.4. The summed E-state index contributed by atoms with van der Waals surface area (Å²) in [6.07, 6.45) is 2.03. The molecule has 1 saturated heterocycles. The van der Waals surface area contributed by atoms with Gasteiger partial charge in [-0.3, -0.25) is 24.2 Å². The normalized spacial score (nSPS) is 16.4. The molecule has 1 fully saturated rings. The van der Waals surface area contributed by atoms with Crippen LogP contribution in [0.5, 0.6) is 0 Å². The van der Waals surface area contributed by atoms with Crippen molar-refractivity contribution in [3.63, 3.8) is 0 Å². The third kappa shape index (κ3) is 13.7. The largest absolute Gasteiger partial charge is 0.465 e. The molecule has 40 heavy (non-hydrogen) atoms. The molecular weight excluding hydrogens is 516 g/mol. The van der Waals surface area contributed by atoms with Crippen LogP contribution in [-0.4, -0.2) is 122 Å². The molecule has 2 amide bonds. The van der Waals surface area contributed by atoms with Gasteiger partial charge in [-0.2, -0.15) is 0 Å². The number of hydrogen-bond acceptors (Lipinski definition) is 9. The summed E-state index contributed by atoms with van der Waals surface area (Å²) in [6.45, 7) is 11.1. The molecule has 0 N–H and O–H groups in total. The van der Waals surface area contributed by atoms with Gasteiger partial charge in [0.2, 0.25) is 6.41 Å². The highest BCUT2D eigenvalue weighted by Gasteiger charge is 2.24. The molecule has 0 spiro atoms. The van der Waals surface area contributed by atoms with Crippen molar-refractivity contribution in [2.24, 2.45) is 0 Å². The zero-order valence-corrected chi connectivity index (χ0v) is 24.5. The molecule has 11 heteroatoms. The molecule has 0 unspecified atom stereocenters. The van der Waals surface area contributed by atoms with Gasteiger partial charge in [0.05, 0.1) is 19.7 Å². The third-order valence-corrected chi connectivity index (χ3v) is 6.28. The summed E-state index contributed by atoms with van der Waals surface area (Å²) in [5.41, 5.74) is 0.259. The average Bonchev–Trinajstić information content (AvgIpc) is 2.90. The zero-order chi connectivity index (χ0) is 29.4. The molecule has 1 aromatic rings. The van der Waals surface area contributed by atoms with Gasteiger partial charge in [-0.1, -0.05) is 43.7 Å². The number of ether oxygens (including phenoxy) is 3. The van der Waals surface area contributed by atoms with E-state index in [9.17, 15) is 19.2 Å². The summed E-state index contributed by atoms with van der Waals surface area (Å²) >= 11 is 0. The van der Waals surface area contributed by atoms with Crippen LogP contribution in [0.25, 0.3) is 0 Å². The van der Waals surface area contributed by atoms with Crippen LogP contribution in [0.15, 0.2) is 30.3 Å². The van der Waals surface area contributed by atoms with Crippen LogP contribution in [0, 0.1) is 0 Å². The van der Waals surface area contributed by atoms with E-state index < -0.39 is 11.7 Å². The van der Waals surface area contributed by atoms with Crippen molar-refractivity contribution in [2.45, 2.75) is 52.7 Å². The fraction of sp³-hybridized carbons (Fsp3) is 0.655. The lowest BCUT2D eigenvalue weighted by molar-refractivity contribution is -0.156. The van der Waals surface area contributed by atoms with Crippen molar-refractivity contribution in [2.75, 3.05) is 72.1 Å². The molecule has 0 bridgehead atoms. The molecule has 0 radical (unpaired) electrons. The Hall–Kier alpha value is -3.18. The van der Waals surface area contributed by atoms with Crippen LogP contribution in [0.2, 0.25) is 0 Å². The third-order valence-electron chi connectivity index (χ3n) is 6.28. The van der Waals surface area contributed by atoms with Crippen molar-refractivity contribution in [1.82, 2.24) is 19.6 Å². The lowest BCUT2D eigenvalue weighted by Gasteiger charge is -2.32. The van der Waals surface area contributed by atoms with Gasteiger partial charge >= 0.3 is 18.0 Å². The van der Waals surface area contributed by atoms with E-state index in [0.717, 1.165) is 24.8 Å². The Morgan fingerprint density at radius 1 is 0.825 bits per heavy atom. The predicted octanol–water partition coefficient (Wildman–Crippen LogP) is 2.39. The first-order valence-electron chi connectivity index (χ1n) is 14.1. The Labute approximate surface area is 238 Å². The van der Waals surface area contributed by atoms with E-state index in [1.54, 1.807) is 9.80 Å². The van der Waals surface area contributed by atoms with Gasteiger partial charge in [-0.15, -0.1) is 0 Å². The minimum absolute atomic E-state index is 0.0343. The summed E-state index contributed by atoms with van der Waals surface area (Å²) in [7, 11) is 0. The van der Waals surface area contributed by atoms with Gasteiger partial charge < -0.3 is 24.0 Å². The number of nitrogens with zero attached hydrogens (tertiary/aromatic N) is 4. The fourth-order valence-corrected chi connectivity index (χ4v) is 4.04. The molecule has 1 aliphatic rings. The van der Waals surface area contributed by atoms with Gasteiger partial charge in [0.25, 0.3) is 0 Å². The Morgan fingerprint density at radius 2 is 1.40 bits per heavy atom. The maximum absolute atomic E-state index is 13.1. The second-order valence-electron chi connectivity index (χ2n) is 10.9. The molecule has 0 aromatic heterocycles. The molecule has 2 rings (SSSR count). The second kappa shape index (κ2) is 17.5. The number of hydrogen-bond donors (Lipinski definition) is 0. The van der Waals surface area contributed by atoms with Gasteiger partial charge in [-0.25, -0.2) is 4.79 Å². The minimum Gasteiger partial charge on any atom is -0.465 e. The zero-order valence-electron chi connectivity index (χ0n) is 24.5. The van der Waals surface area contributed by atoms with E-state index in [4.69, 9.17) is 14.2 Å². The molecule has 0 saturated carbocycles. The Bertz CT molecular complexity index is 923. The predicted molar refractivity (Wildman–Crippen MR) is 150 cm³/mol. The number of unbranched alkanes of at least 4 members (excludes halogenated alkanes) is 1. The number of benzene rings is 1. The summed E-state index contributed by atoms with van der Waals surface area (Å²) in [6, 6.07) is 9.43.